The molecular weight excluding hydrogens is 226 g/mol. The second-order valence-corrected chi connectivity index (χ2v) is 3.51. The van der Waals surface area contributed by atoms with Crippen LogP contribution in [0.25, 0.3) is 0 Å². The summed E-state index contributed by atoms with van der Waals surface area (Å²) in [6.07, 6.45) is 1.54. The molecule has 0 radical (unpaired) electrons. The molecule has 0 saturated heterocycles. The van der Waals surface area contributed by atoms with Gasteiger partial charge in [-0.1, -0.05) is 0 Å². The van der Waals surface area contributed by atoms with Crippen molar-refractivity contribution in [3.8, 4) is 0 Å². The lowest BCUT2D eigenvalue weighted by molar-refractivity contribution is -0.136. The molecule has 5 nitrogen and oxygen atoms in total. The lowest BCUT2D eigenvalue weighted by atomic mass is 10.5. The molecule has 0 saturated carbocycles. The van der Waals surface area contributed by atoms with Gasteiger partial charge in [-0.3, -0.25) is 14.9 Å². The van der Waals surface area contributed by atoms with Crippen LogP contribution in [0.15, 0.2) is 11.6 Å². The van der Waals surface area contributed by atoms with Gasteiger partial charge >= 0.3 is 11.8 Å². The lowest BCUT2D eigenvalue weighted by Crippen LogP contribution is -2.36. The minimum atomic E-state index is -0.731. The van der Waals surface area contributed by atoms with Crippen molar-refractivity contribution in [3.63, 3.8) is 0 Å². The van der Waals surface area contributed by atoms with Gasteiger partial charge in [-0.2, -0.15) is 0 Å². The maximum Gasteiger partial charge on any atom is 0.315 e. The number of alkyl halides is 1. The molecule has 0 aliphatic heterocycles. The summed E-state index contributed by atoms with van der Waals surface area (Å²) in [4.78, 5) is 25.9. The van der Waals surface area contributed by atoms with Gasteiger partial charge in [-0.25, -0.2) is 4.98 Å². The molecule has 1 aromatic rings. The first kappa shape index (κ1) is 10.9. The molecule has 2 amide bonds. The van der Waals surface area contributed by atoms with Gasteiger partial charge in [0.15, 0.2) is 5.13 Å². The van der Waals surface area contributed by atoms with Crippen LogP contribution in [0.2, 0.25) is 0 Å². The average molecular weight is 234 g/mol. The molecule has 1 rings (SSSR count). The van der Waals surface area contributed by atoms with Gasteiger partial charge < -0.3 is 5.32 Å². The molecule has 0 aliphatic carbocycles. The van der Waals surface area contributed by atoms with Gasteiger partial charge in [0.2, 0.25) is 0 Å². The molecule has 7 heteroatoms. The summed E-state index contributed by atoms with van der Waals surface area (Å²) in [7, 11) is 0. The van der Waals surface area contributed by atoms with Crippen molar-refractivity contribution in [2.24, 2.45) is 0 Å². The SMILES string of the molecule is O=C(NCCCl)C(=O)Nc1nccs1. The van der Waals surface area contributed by atoms with Crippen LogP contribution < -0.4 is 10.6 Å². The average Bonchev–Trinajstić information content (AvgIpc) is 2.66. The molecule has 0 unspecified atom stereocenters. The van der Waals surface area contributed by atoms with Crippen LogP contribution in [0.3, 0.4) is 0 Å². The maximum absolute atomic E-state index is 11.1. The molecule has 0 spiro atoms. The number of nitrogens with zero attached hydrogens (tertiary/aromatic N) is 1. The Kier molecular flexibility index (Phi) is 4.34. The third-order valence-corrected chi connectivity index (χ3v) is 2.12. The van der Waals surface area contributed by atoms with Crippen molar-refractivity contribution >= 4 is 39.9 Å². The Morgan fingerprint density at radius 3 is 2.86 bits per heavy atom. The summed E-state index contributed by atoms with van der Waals surface area (Å²) in [5.41, 5.74) is 0. The molecule has 14 heavy (non-hydrogen) atoms. The number of hydrogen-bond acceptors (Lipinski definition) is 4. The number of aromatic nitrogens is 1. The number of nitrogens with one attached hydrogen (secondary N) is 2. The van der Waals surface area contributed by atoms with Crippen LogP contribution in [0.1, 0.15) is 0 Å². The minimum Gasteiger partial charge on any atom is -0.347 e. The van der Waals surface area contributed by atoms with Crippen molar-refractivity contribution in [2.75, 3.05) is 17.7 Å². The van der Waals surface area contributed by atoms with Crippen LogP contribution >= 0.6 is 22.9 Å². The van der Waals surface area contributed by atoms with E-state index in [-0.39, 0.29) is 12.4 Å². The van der Waals surface area contributed by atoms with Crippen molar-refractivity contribution in [3.05, 3.63) is 11.6 Å². The molecule has 0 aliphatic rings. The second kappa shape index (κ2) is 5.56. The van der Waals surface area contributed by atoms with Gasteiger partial charge in [0, 0.05) is 24.0 Å². The van der Waals surface area contributed by atoms with Gasteiger partial charge in [-0.15, -0.1) is 22.9 Å². The Morgan fingerprint density at radius 2 is 2.29 bits per heavy atom. The van der Waals surface area contributed by atoms with E-state index in [0.717, 1.165) is 0 Å². The highest BCUT2D eigenvalue weighted by Gasteiger charge is 2.13. The van der Waals surface area contributed by atoms with Gasteiger partial charge in [0.05, 0.1) is 0 Å². The van der Waals surface area contributed by atoms with Crippen LogP contribution in [0, 0.1) is 0 Å². The molecule has 0 fully saturated rings. The molecule has 0 aromatic carbocycles. The van der Waals surface area contributed by atoms with Gasteiger partial charge in [0.25, 0.3) is 0 Å². The number of halogens is 1. The summed E-state index contributed by atoms with van der Waals surface area (Å²) < 4.78 is 0. The fourth-order valence-electron chi connectivity index (χ4n) is 0.680. The zero-order chi connectivity index (χ0) is 10.4. The molecule has 0 bridgehead atoms. The van der Waals surface area contributed by atoms with E-state index in [4.69, 9.17) is 11.6 Å². The standard InChI is InChI=1S/C7H8ClN3O2S/c8-1-2-9-5(12)6(13)11-7-10-3-4-14-7/h3-4H,1-2H2,(H,9,12)(H,10,11,13). The smallest absolute Gasteiger partial charge is 0.315 e. The zero-order valence-electron chi connectivity index (χ0n) is 7.12. The highest BCUT2D eigenvalue weighted by molar-refractivity contribution is 7.13. The van der Waals surface area contributed by atoms with E-state index in [2.05, 4.69) is 15.6 Å². The Morgan fingerprint density at radius 1 is 1.50 bits per heavy atom. The monoisotopic (exact) mass is 233 g/mol. The summed E-state index contributed by atoms with van der Waals surface area (Å²) in [5, 5.41) is 6.78. The van der Waals surface area contributed by atoms with Crippen LogP contribution in [-0.2, 0) is 9.59 Å². The van der Waals surface area contributed by atoms with Crippen LogP contribution in [0.4, 0.5) is 5.13 Å². The molecule has 0 atom stereocenters. The second-order valence-electron chi connectivity index (χ2n) is 2.24. The first-order chi connectivity index (χ1) is 6.74. The van der Waals surface area contributed by atoms with Crippen molar-refractivity contribution < 1.29 is 9.59 Å². The van der Waals surface area contributed by atoms with Crippen LogP contribution in [0.5, 0.6) is 0 Å². The summed E-state index contributed by atoms with van der Waals surface area (Å²) in [6, 6.07) is 0. The number of anilines is 1. The normalized spacial score (nSPS) is 9.50. The van der Waals surface area contributed by atoms with E-state index in [9.17, 15) is 9.59 Å². The fourth-order valence-corrected chi connectivity index (χ4v) is 1.30. The Hall–Kier alpha value is -1.14. The van der Waals surface area contributed by atoms with Gasteiger partial charge in [0.1, 0.15) is 0 Å². The third-order valence-electron chi connectivity index (χ3n) is 1.24. The summed E-state index contributed by atoms with van der Waals surface area (Å²) in [6.45, 7) is 0.270. The lowest BCUT2D eigenvalue weighted by Gasteiger charge is -2.01. The van der Waals surface area contributed by atoms with Crippen molar-refractivity contribution in [1.82, 2.24) is 10.3 Å². The number of carbonyl (C=O) groups excluding carboxylic acids is 2. The molecule has 1 aromatic heterocycles. The Balaban J connectivity index is 2.38. The quantitative estimate of drug-likeness (QED) is 0.588. The predicted octanol–water partition coefficient (Wildman–Crippen LogP) is 0.437. The van der Waals surface area contributed by atoms with E-state index in [1.807, 2.05) is 0 Å². The fraction of sp³-hybridized carbons (Fsp3) is 0.286. The van der Waals surface area contributed by atoms with E-state index in [1.54, 1.807) is 5.38 Å². The highest BCUT2D eigenvalue weighted by atomic mass is 35.5. The number of thiazole rings is 1. The summed E-state index contributed by atoms with van der Waals surface area (Å²) >= 11 is 6.58. The molecule has 1 heterocycles. The highest BCUT2D eigenvalue weighted by Crippen LogP contribution is 2.09. The molecule has 2 N–H and O–H groups in total. The third kappa shape index (κ3) is 3.31. The first-order valence-electron chi connectivity index (χ1n) is 3.78. The number of amides is 2. The largest absolute Gasteiger partial charge is 0.347 e. The van der Waals surface area contributed by atoms with Crippen LogP contribution in [-0.4, -0.2) is 29.2 Å². The predicted molar refractivity (Wildman–Crippen MR) is 54.5 cm³/mol. The minimum absolute atomic E-state index is 0.270. The van der Waals surface area contributed by atoms with Crippen molar-refractivity contribution in [1.29, 1.82) is 0 Å². The molecular formula is C7H8ClN3O2S. The Bertz CT molecular complexity index is 315. The Labute approximate surface area is 89.5 Å². The van der Waals surface area contributed by atoms with Crippen molar-refractivity contribution in [2.45, 2.75) is 0 Å². The summed E-state index contributed by atoms with van der Waals surface area (Å²) in [5.74, 6) is -1.16. The number of rotatable bonds is 3. The molecule has 76 valence electrons. The van der Waals surface area contributed by atoms with E-state index < -0.39 is 11.8 Å². The number of hydrogen-bond donors (Lipinski definition) is 2. The number of carbonyl (C=O) groups is 2. The van der Waals surface area contributed by atoms with E-state index in [1.165, 1.54) is 17.5 Å². The first-order valence-corrected chi connectivity index (χ1v) is 5.20. The zero-order valence-corrected chi connectivity index (χ0v) is 8.69. The van der Waals surface area contributed by atoms with Gasteiger partial charge in [-0.05, 0) is 0 Å². The maximum atomic E-state index is 11.1. The topological polar surface area (TPSA) is 71.1 Å². The van der Waals surface area contributed by atoms with E-state index in [0.29, 0.717) is 5.13 Å². The van der Waals surface area contributed by atoms with E-state index >= 15 is 0 Å².